The van der Waals surface area contributed by atoms with Gasteiger partial charge < -0.3 is 5.32 Å². The zero-order valence-corrected chi connectivity index (χ0v) is 16.8. The van der Waals surface area contributed by atoms with Crippen LogP contribution in [0.3, 0.4) is 0 Å². The molecule has 6 heteroatoms. The Balaban J connectivity index is 1.71. The highest BCUT2D eigenvalue weighted by molar-refractivity contribution is 7.92. The highest BCUT2D eigenvalue weighted by atomic mass is 32.2. The Labute approximate surface area is 161 Å². The van der Waals surface area contributed by atoms with E-state index < -0.39 is 10.0 Å². The van der Waals surface area contributed by atoms with Crippen LogP contribution in [0.25, 0.3) is 0 Å². The average Bonchev–Trinajstić information content (AvgIpc) is 3.09. The van der Waals surface area contributed by atoms with E-state index in [0.29, 0.717) is 17.8 Å². The second kappa shape index (κ2) is 7.72. The fourth-order valence-corrected chi connectivity index (χ4v) is 4.59. The Hall–Kier alpha value is -2.34. The molecule has 5 nitrogen and oxygen atoms in total. The molecule has 1 atom stereocenters. The smallest absolute Gasteiger partial charge is 0.251 e. The van der Waals surface area contributed by atoms with Crippen molar-refractivity contribution in [2.45, 2.75) is 39.2 Å². The maximum Gasteiger partial charge on any atom is 0.251 e. The predicted molar refractivity (Wildman–Crippen MR) is 109 cm³/mol. The van der Waals surface area contributed by atoms with E-state index in [-0.39, 0.29) is 11.9 Å². The van der Waals surface area contributed by atoms with Gasteiger partial charge in [-0.2, -0.15) is 0 Å². The second-order valence-corrected chi connectivity index (χ2v) is 8.96. The first-order valence-corrected chi connectivity index (χ1v) is 11.1. The summed E-state index contributed by atoms with van der Waals surface area (Å²) in [5.74, 6) is -0.169. The van der Waals surface area contributed by atoms with E-state index in [4.69, 9.17) is 0 Å². The number of rotatable bonds is 6. The first kappa shape index (κ1) is 19.4. The number of sulfonamides is 1. The Bertz CT molecular complexity index is 936. The first-order valence-electron chi connectivity index (χ1n) is 9.30. The molecule has 1 aliphatic carbocycles. The number of carbonyl (C=O) groups excluding carboxylic acids is 1. The van der Waals surface area contributed by atoms with Gasteiger partial charge in [0.15, 0.2) is 0 Å². The topological polar surface area (TPSA) is 66.5 Å². The number of nitrogens with one attached hydrogen (secondary N) is 1. The third-order valence-corrected chi connectivity index (χ3v) is 6.34. The third kappa shape index (κ3) is 4.33. The molecule has 1 N–H and O–H groups in total. The van der Waals surface area contributed by atoms with Crippen molar-refractivity contribution in [1.29, 1.82) is 0 Å². The van der Waals surface area contributed by atoms with Crippen molar-refractivity contribution in [3.63, 3.8) is 0 Å². The Kier molecular flexibility index (Phi) is 5.56. The summed E-state index contributed by atoms with van der Waals surface area (Å²) in [6, 6.07) is 13.0. The average molecular weight is 387 g/mol. The van der Waals surface area contributed by atoms with Gasteiger partial charge in [-0.15, -0.1) is 0 Å². The third-order valence-electron chi connectivity index (χ3n) is 5.08. The molecule has 0 aliphatic heterocycles. The monoisotopic (exact) mass is 386 g/mol. The SMILES string of the molecule is CCN(c1ccc(C(=O)NC(C)c2ccc3c(c2)CCC3)cc1)S(C)(=O)=O. The molecule has 2 aromatic carbocycles. The van der Waals surface area contributed by atoms with Crippen LogP contribution in [0.15, 0.2) is 42.5 Å². The van der Waals surface area contributed by atoms with E-state index in [0.717, 1.165) is 18.4 Å². The molecule has 0 heterocycles. The molecule has 2 aromatic rings. The lowest BCUT2D eigenvalue weighted by Crippen LogP contribution is -2.29. The molecular weight excluding hydrogens is 360 g/mol. The zero-order valence-electron chi connectivity index (χ0n) is 16.0. The number of nitrogens with zero attached hydrogens (tertiary/aromatic N) is 1. The van der Waals surface area contributed by atoms with Crippen LogP contribution in [0.2, 0.25) is 0 Å². The van der Waals surface area contributed by atoms with Gasteiger partial charge >= 0.3 is 0 Å². The molecule has 0 saturated heterocycles. The minimum Gasteiger partial charge on any atom is -0.346 e. The van der Waals surface area contributed by atoms with E-state index >= 15 is 0 Å². The lowest BCUT2D eigenvalue weighted by molar-refractivity contribution is 0.0940. The Morgan fingerprint density at radius 2 is 1.78 bits per heavy atom. The molecule has 0 radical (unpaired) electrons. The summed E-state index contributed by atoms with van der Waals surface area (Å²) in [5, 5.41) is 3.03. The van der Waals surface area contributed by atoms with Gasteiger partial charge in [-0.25, -0.2) is 8.42 Å². The highest BCUT2D eigenvalue weighted by Crippen LogP contribution is 2.25. The van der Waals surface area contributed by atoms with Crippen molar-refractivity contribution in [2.75, 3.05) is 17.1 Å². The van der Waals surface area contributed by atoms with Gasteiger partial charge in [0.2, 0.25) is 10.0 Å². The number of fused-ring (bicyclic) bond motifs is 1. The quantitative estimate of drug-likeness (QED) is 0.827. The summed E-state index contributed by atoms with van der Waals surface area (Å²) < 4.78 is 24.9. The van der Waals surface area contributed by atoms with Crippen LogP contribution in [0.5, 0.6) is 0 Å². The van der Waals surface area contributed by atoms with Crippen molar-refractivity contribution in [1.82, 2.24) is 5.32 Å². The van der Waals surface area contributed by atoms with Crippen molar-refractivity contribution in [3.05, 3.63) is 64.7 Å². The van der Waals surface area contributed by atoms with Crippen LogP contribution in [0.4, 0.5) is 5.69 Å². The summed E-state index contributed by atoms with van der Waals surface area (Å²) in [7, 11) is -3.33. The van der Waals surface area contributed by atoms with Gasteiger partial charge in [-0.05, 0) is 74.1 Å². The van der Waals surface area contributed by atoms with E-state index in [9.17, 15) is 13.2 Å². The molecule has 0 saturated carbocycles. The zero-order chi connectivity index (χ0) is 19.6. The molecule has 0 aromatic heterocycles. The fraction of sp³-hybridized carbons (Fsp3) is 0.381. The van der Waals surface area contributed by atoms with Crippen molar-refractivity contribution < 1.29 is 13.2 Å². The minimum absolute atomic E-state index is 0.0914. The largest absolute Gasteiger partial charge is 0.346 e. The second-order valence-electron chi connectivity index (χ2n) is 7.05. The first-order chi connectivity index (χ1) is 12.8. The summed E-state index contributed by atoms with van der Waals surface area (Å²) in [6.07, 6.45) is 4.63. The van der Waals surface area contributed by atoms with Gasteiger partial charge in [-0.3, -0.25) is 9.10 Å². The molecule has 3 rings (SSSR count). The number of hydrogen-bond acceptors (Lipinski definition) is 3. The standard InChI is InChI=1S/C21H26N2O3S/c1-4-23(27(3,25)26)20-12-10-17(11-13-20)21(24)22-15(2)18-9-8-16-6-5-7-19(16)14-18/h8-15H,4-7H2,1-3H3,(H,22,24). The van der Waals surface area contributed by atoms with Crippen molar-refractivity contribution in [3.8, 4) is 0 Å². The summed E-state index contributed by atoms with van der Waals surface area (Å²) in [5.41, 5.74) is 4.98. The molecule has 1 aliphatic rings. The van der Waals surface area contributed by atoms with Gasteiger partial charge in [0.1, 0.15) is 0 Å². The molecule has 144 valence electrons. The number of benzene rings is 2. The Morgan fingerprint density at radius 3 is 2.41 bits per heavy atom. The Morgan fingerprint density at radius 1 is 1.11 bits per heavy atom. The number of carbonyl (C=O) groups is 1. The lowest BCUT2D eigenvalue weighted by Gasteiger charge is -2.21. The summed E-state index contributed by atoms with van der Waals surface area (Å²) in [4.78, 5) is 12.6. The van der Waals surface area contributed by atoms with E-state index in [1.807, 2.05) is 6.92 Å². The molecule has 1 unspecified atom stereocenters. The lowest BCUT2D eigenvalue weighted by atomic mass is 10.0. The van der Waals surface area contributed by atoms with Gasteiger partial charge in [0, 0.05) is 12.1 Å². The van der Waals surface area contributed by atoms with Gasteiger partial charge in [0.25, 0.3) is 5.91 Å². The minimum atomic E-state index is -3.33. The van der Waals surface area contributed by atoms with Crippen LogP contribution in [-0.2, 0) is 22.9 Å². The summed E-state index contributed by atoms with van der Waals surface area (Å²) in [6.45, 7) is 4.10. The highest BCUT2D eigenvalue weighted by Gasteiger charge is 2.18. The van der Waals surface area contributed by atoms with E-state index in [1.54, 1.807) is 31.2 Å². The summed E-state index contributed by atoms with van der Waals surface area (Å²) >= 11 is 0. The molecule has 1 amide bonds. The van der Waals surface area contributed by atoms with Crippen LogP contribution < -0.4 is 9.62 Å². The molecule has 0 fully saturated rings. The van der Waals surface area contributed by atoms with Crippen molar-refractivity contribution >= 4 is 21.6 Å². The molecule has 27 heavy (non-hydrogen) atoms. The number of anilines is 1. The van der Waals surface area contributed by atoms with Crippen LogP contribution in [0, 0.1) is 0 Å². The van der Waals surface area contributed by atoms with Crippen molar-refractivity contribution in [2.24, 2.45) is 0 Å². The predicted octanol–water partition coefficient (Wildman–Crippen LogP) is 3.45. The van der Waals surface area contributed by atoms with E-state index in [1.165, 1.54) is 28.1 Å². The van der Waals surface area contributed by atoms with Crippen LogP contribution in [-0.4, -0.2) is 27.1 Å². The molecule has 0 spiro atoms. The van der Waals surface area contributed by atoms with Crippen LogP contribution in [0.1, 0.15) is 53.4 Å². The van der Waals surface area contributed by atoms with E-state index in [2.05, 4.69) is 23.5 Å². The number of aryl methyl sites for hydroxylation is 2. The number of amides is 1. The van der Waals surface area contributed by atoms with Gasteiger partial charge in [-0.1, -0.05) is 18.2 Å². The number of hydrogen-bond donors (Lipinski definition) is 1. The molecular formula is C21H26N2O3S. The maximum absolute atomic E-state index is 12.6. The van der Waals surface area contributed by atoms with Crippen LogP contribution >= 0.6 is 0 Å². The van der Waals surface area contributed by atoms with Gasteiger partial charge in [0.05, 0.1) is 18.0 Å². The molecule has 0 bridgehead atoms. The fourth-order valence-electron chi connectivity index (χ4n) is 3.61. The normalized spacial score (nSPS) is 14.5. The maximum atomic E-state index is 12.6.